The van der Waals surface area contributed by atoms with E-state index in [9.17, 15) is 14.0 Å². The number of hydrogen-bond acceptors (Lipinski definition) is 5. The van der Waals surface area contributed by atoms with Crippen molar-refractivity contribution in [1.82, 2.24) is 0 Å². The van der Waals surface area contributed by atoms with Gasteiger partial charge in [0.25, 0.3) is 0 Å². The van der Waals surface area contributed by atoms with E-state index in [0.717, 1.165) is 16.9 Å². The first-order valence-corrected chi connectivity index (χ1v) is 12.2. The van der Waals surface area contributed by atoms with Crippen LogP contribution in [0.4, 0.5) is 10.1 Å². The average molecular weight is 499 g/mol. The summed E-state index contributed by atoms with van der Waals surface area (Å²) in [5.41, 5.74) is 8.35. The number of halogens is 2. The van der Waals surface area contributed by atoms with Crippen molar-refractivity contribution < 1.29 is 18.7 Å². The number of fused-ring (bicyclic) bond motifs is 1. The maximum atomic E-state index is 15.0. The van der Waals surface area contributed by atoms with Crippen molar-refractivity contribution in [2.45, 2.75) is 30.3 Å². The first-order valence-electron chi connectivity index (χ1n) is 10.8. The third kappa shape index (κ3) is 5.43. The second-order valence-corrected chi connectivity index (χ2v) is 9.54. The summed E-state index contributed by atoms with van der Waals surface area (Å²) in [6.45, 7) is 0.238. The summed E-state index contributed by atoms with van der Waals surface area (Å²) in [5, 5.41) is 0.588. The Morgan fingerprint density at radius 3 is 2.50 bits per heavy atom. The first kappa shape index (κ1) is 24.3. The van der Waals surface area contributed by atoms with E-state index < -0.39 is 11.9 Å². The minimum absolute atomic E-state index is 0.0303. The van der Waals surface area contributed by atoms with Gasteiger partial charge in [-0.3, -0.25) is 9.59 Å². The number of nitrogens with two attached hydrogens (primary N) is 1. The highest BCUT2D eigenvalue weighted by atomic mass is 35.5. The largest absolute Gasteiger partial charge is 0.497 e. The van der Waals surface area contributed by atoms with E-state index in [2.05, 4.69) is 0 Å². The molecule has 8 heteroatoms. The van der Waals surface area contributed by atoms with Gasteiger partial charge in [-0.15, -0.1) is 11.8 Å². The third-order valence-electron chi connectivity index (χ3n) is 5.70. The van der Waals surface area contributed by atoms with Gasteiger partial charge in [-0.1, -0.05) is 35.9 Å². The topological polar surface area (TPSA) is 72.6 Å². The molecular formula is C26H24ClFN2O3S. The molecule has 0 unspecified atom stereocenters. The number of hydrogen-bond donors (Lipinski definition) is 1. The fourth-order valence-corrected chi connectivity index (χ4v) is 4.91. The van der Waals surface area contributed by atoms with Crippen LogP contribution in [-0.4, -0.2) is 30.6 Å². The average Bonchev–Trinajstić information content (AvgIpc) is 2.95. The Hall–Kier alpha value is -2.87. The van der Waals surface area contributed by atoms with Gasteiger partial charge >= 0.3 is 0 Å². The molecule has 0 aliphatic carbocycles. The number of ether oxygens (including phenoxy) is 1. The molecular weight excluding hydrogens is 475 g/mol. The van der Waals surface area contributed by atoms with E-state index in [0.29, 0.717) is 27.8 Å². The molecule has 0 bridgehead atoms. The highest BCUT2D eigenvalue weighted by Crippen LogP contribution is 2.37. The summed E-state index contributed by atoms with van der Waals surface area (Å²) in [5.74, 6) is -0.140. The van der Waals surface area contributed by atoms with Gasteiger partial charge in [0.2, 0.25) is 5.91 Å². The fraction of sp³-hybridized carbons (Fsp3) is 0.231. The highest BCUT2D eigenvalue weighted by molar-refractivity contribution is 7.99. The summed E-state index contributed by atoms with van der Waals surface area (Å²) >= 11 is 7.30. The zero-order valence-electron chi connectivity index (χ0n) is 18.6. The molecule has 34 heavy (non-hydrogen) atoms. The summed E-state index contributed by atoms with van der Waals surface area (Å²) in [4.78, 5) is 28.2. The minimum atomic E-state index is -0.734. The van der Waals surface area contributed by atoms with Gasteiger partial charge in [0.05, 0.1) is 30.9 Å². The summed E-state index contributed by atoms with van der Waals surface area (Å²) < 4.78 is 20.1. The molecule has 0 fully saturated rings. The lowest BCUT2D eigenvalue weighted by atomic mass is 10.0. The van der Waals surface area contributed by atoms with E-state index >= 15 is 0 Å². The summed E-state index contributed by atoms with van der Waals surface area (Å²) in [7, 11) is 1.59. The second-order valence-electron chi connectivity index (χ2n) is 8.04. The van der Waals surface area contributed by atoms with Crippen LogP contribution >= 0.6 is 23.4 Å². The Balaban J connectivity index is 1.61. The molecule has 2 N–H and O–H groups in total. The van der Waals surface area contributed by atoms with Gasteiger partial charge in [-0.25, -0.2) is 4.39 Å². The molecule has 4 rings (SSSR count). The quantitative estimate of drug-likeness (QED) is 0.449. The lowest BCUT2D eigenvalue weighted by Gasteiger charge is -2.25. The van der Waals surface area contributed by atoms with Crippen LogP contribution in [0.1, 0.15) is 27.9 Å². The van der Waals surface area contributed by atoms with E-state index in [4.69, 9.17) is 22.1 Å². The number of benzene rings is 3. The van der Waals surface area contributed by atoms with Crippen LogP contribution in [0.25, 0.3) is 0 Å². The lowest BCUT2D eigenvalue weighted by molar-refractivity contribution is -0.119. The molecule has 3 aromatic carbocycles. The summed E-state index contributed by atoms with van der Waals surface area (Å²) in [6, 6.07) is 16.6. The van der Waals surface area contributed by atoms with Crippen LogP contribution in [0.15, 0.2) is 65.6 Å². The van der Waals surface area contributed by atoms with Crippen LogP contribution in [0, 0.1) is 5.82 Å². The molecule has 176 valence electrons. The van der Waals surface area contributed by atoms with Crippen molar-refractivity contribution in [3.8, 4) is 5.75 Å². The molecule has 0 aromatic heterocycles. The van der Waals surface area contributed by atoms with Gasteiger partial charge in [-0.05, 0) is 53.9 Å². The molecule has 1 amide bonds. The maximum absolute atomic E-state index is 15.0. The van der Waals surface area contributed by atoms with Crippen LogP contribution in [-0.2, 0) is 17.8 Å². The Morgan fingerprint density at radius 1 is 1.15 bits per heavy atom. The normalized spacial score (nSPS) is 15.6. The van der Waals surface area contributed by atoms with Crippen LogP contribution < -0.4 is 15.4 Å². The molecule has 1 aliphatic rings. The number of thioether (sulfide) groups is 1. The zero-order valence-corrected chi connectivity index (χ0v) is 20.2. The number of rotatable bonds is 7. The Bertz CT molecular complexity index is 1200. The lowest BCUT2D eigenvalue weighted by Crippen LogP contribution is -2.44. The molecule has 0 radical (unpaired) electrons. The third-order valence-corrected chi connectivity index (χ3v) is 7.11. The van der Waals surface area contributed by atoms with Gasteiger partial charge in [0.15, 0.2) is 5.78 Å². The van der Waals surface area contributed by atoms with Crippen LogP contribution in [0.3, 0.4) is 0 Å². The predicted molar refractivity (Wildman–Crippen MR) is 133 cm³/mol. The van der Waals surface area contributed by atoms with Crippen LogP contribution in [0.2, 0.25) is 5.02 Å². The predicted octanol–water partition coefficient (Wildman–Crippen LogP) is 5.27. The maximum Gasteiger partial charge on any atom is 0.245 e. The van der Waals surface area contributed by atoms with Gasteiger partial charge in [0, 0.05) is 22.1 Å². The molecule has 0 spiro atoms. The Kier molecular flexibility index (Phi) is 7.56. The van der Waals surface area contributed by atoms with Crippen molar-refractivity contribution in [2.75, 3.05) is 17.8 Å². The Morgan fingerprint density at radius 2 is 1.82 bits per heavy atom. The van der Waals surface area contributed by atoms with Gasteiger partial charge < -0.3 is 15.4 Å². The molecule has 1 heterocycles. The summed E-state index contributed by atoms with van der Waals surface area (Å²) in [6.07, 6.45) is 0.603. The second kappa shape index (κ2) is 10.6. The van der Waals surface area contributed by atoms with Crippen molar-refractivity contribution in [3.63, 3.8) is 0 Å². The van der Waals surface area contributed by atoms with E-state index in [1.807, 2.05) is 36.4 Å². The van der Waals surface area contributed by atoms with E-state index in [1.165, 1.54) is 28.8 Å². The number of aryl methyl sites for hydroxylation is 1. The van der Waals surface area contributed by atoms with Crippen molar-refractivity contribution >= 4 is 40.7 Å². The van der Waals surface area contributed by atoms with Crippen molar-refractivity contribution in [2.24, 2.45) is 5.73 Å². The molecule has 3 aromatic rings. The fourth-order valence-electron chi connectivity index (χ4n) is 3.77. The molecule has 0 saturated heterocycles. The molecule has 1 atom stereocenters. The zero-order chi connectivity index (χ0) is 24.2. The minimum Gasteiger partial charge on any atom is -0.497 e. The SMILES string of the molecule is COc1ccc(CCC(=O)c2cc3c(cc2F)SC[C@H](N)C(=O)N3Cc2ccc(Cl)cc2)cc1. The van der Waals surface area contributed by atoms with Gasteiger partial charge in [0.1, 0.15) is 11.6 Å². The number of carbonyl (C=O) groups is 2. The van der Waals surface area contributed by atoms with Gasteiger partial charge in [-0.2, -0.15) is 0 Å². The molecule has 5 nitrogen and oxygen atoms in total. The number of amides is 1. The highest BCUT2D eigenvalue weighted by Gasteiger charge is 2.30. The standard InChI is InChI=1S/C26H24ClFN2O3S/c1-33-19-9-4-16(5-10-19)6-11-24(31)20-12-23-25(13-21(20)28)34-15-22(29)26(32)30(23)14-17-2-7-18(27)8-3-17/h2-5,7-10,12-13,22H,6,11,14-15,29H2,1H3/t22-/m0/s1. The number of methoxy groups -OCH3 is 1. The molecule has 0 saturated carbocycles. The molecule has 1 aliphatic heterocycles. The van der Waals surface area contributed by atoms with Crippen molar-refractivity contribution in [1.29, 1.82) is 0 Å². The smallest absolute Gasteiger partial charge is 0.245 e. The van der Waals surface area contributed by atoms with Crippen LogP contribution in [0.5, 0.6) is 5.75 Å². The Labute approximate surface area is 207 Å². The monoisotopic (exact) mass is 498 g/mol. The number of anilines is 1. The number of nitrogens with zero attached hydrogens (tertiary/aromatic N) is 1. The van der Waals surface area contributed by atoms with E-state index in [-0.39, 0.29) is 30.2 Å². The van der Waals surface area contributed by atoms with E-state index in [1.54, 1.807) is 19.2 Å². The van der Waals surface area contributed by atoms with Crippen molar-refractivity contribution in [3.05, 3.63) is 88.2 Å². The number of Topliss-reactive ketones (excluding diaryl/α,β-unsaturated/α-hetero) is 1. The number of carbonyl (C=O) groups excluding carboxylic acids is 2. The number of ketones is 1. The first-order chi connectivity index (χ1) is 16.4.